The minimum Gasteiger partial charge on any atom is -0.345 e. The smallest absolute Gasteiger partial charge is 0.123 e. The lowest BCUT2D eigenvalue weighted by molar-refractivity contribution is 0.611. The second-order valence-corrected chi connectivity index (χ2v) is 3.48. The monoisotopic (exact) mass is 225 g/mol. The number of H-pyrrole nitrogens is 1. The molecule has 1 aliphatic rings. The SMILES string of the molecule is CC.CC.Cc1nc([C@@H]2CCCN2)[nH]c1C. The molecule has 0 radical (unpaired) electrons. The van der Waals surface area contributed by atoms with E-state index in [4.69, 9.17) is 0 Å². The molecule has 94 valence electrons. The van der Waals surface area contributed by atoms with E-state index in [0.29, 0.717) is 6.04 Å². The van der Waals surface area contributed by atoms with Crippen LogP contribution in [-0.4, -0.2) is 16.5 Å². The third-order valence-electron chi connectivity index (χ3n) is 2.54. The van der Waals surface area contributed by atoms with Crippen molar-refractivity contribution in [2.75, 3.05) is 6.54 Å². The van der Waals surface area contributed by atoms with Crippen LogP contribution < -0.4 is 5.32 Å². The zero-order valence-corrected chi connectivity index (χ0v) is 11.6. The quantitative estimate of drug-likeness (QED) is 0.768. The van der Waals surface area contributed by atoms with Gasteiger partial charge in [-0.3, -0.25) is 0 Å². The first-order valence-electron chi connectivity index (χ1n) is 6.54. The van der Waals surface area contributed by atoms with Gasteiger partial charge in [-0.25, -0.2) is 4.98 Å². The minimum atomic E-state index is 0.470. The van der Waals surface area contributed by atoms with E-state index in [1.165, 1.54) is 18.5 Å². The van der Waals surface area contributed by atoms with Gasteiger partial charge < -0.3 is 10.3 Å². The number of nitrogens with zero attached hydrogens (tertiary/aromatic N) is 1. The summed E-state index contributed by atoms with van der Waals surface area (Å²) >= 11 is 0. The third kappa shape index (κ3) is 3.97. The van der Waals surface area contributed by atoms with Gasteiger partial charge in [0.05, 0.1) is 11.7 Å². The molecule has 1 atom stereocenters. The van der Waals surface area contributed by atoms with Gasteiger partial charge in [0.1, 0.15) is 5.82 Å². The Kier molecular flexibility index (Phi) is 7.90. The maximum absolute atomic E-state index is 4.47. The molecule has 3 heteroatoms. The molecule has 1 aliphatic heterocycles. The Morgan fingerprint density at radius 2 is 1.75 bits per heavy atom. The predicted octanol–water partition coefficient (Wildman–Crippen LogP) is 3.50. The Morgan fingerprint density at radius 3 is 2.12 bits per heavy atom. The Bertz CT molecular complexity index is 253. The zero-order chi connectivity index (χ0) is 12.6. The number of aromatic nitrogens is 2. The summed E-state index contributed by atoms with van der Waals surface area (Å²) in [4.78, 5) is 7.79. The summed E-state index contributed by atoms with van der Waals surface area (Å²) in [5.41, 5.74) is 2.32. The molecule has 1 saturated heterocycles. The molecule has 0 unspecified atom stereocenters. The van der Waals surface area contributed by atoms with Crippen molar-refractivity contribution in [3.8, 4) is 0 Å². The van der Waals surface area contributed by atoms with Gasteiger partial charge in [-0.1, -0.05) is 27.7 Å². The summed E-state index contributed by atoms with van der Waals surface area (Å²) in [5.74, 6) is 1.11. The lowest BCUT2D eigenvalue weighted by Gasteiger charge is -2.04. The molecule has 0 amide bonds. The standard InChI is InChI=1S/C9H15N3.2C2H6/c1-6-7(2)12-9(11-6)8-4-3-5-10-8;2*1-2/h8,10H,3-5H2,1-2H3,(H,11,12);2*1-2H3/t8-;;/m0../s1. The van der Waals surface area contributed by atoms with Gasteiger partial charge in [-0.2, -0.15) is 0 Å². The van der Waals surface area contributed by atoms with Crippen LogP contribution in [0.5, 0.6) is 0 Å². The van der Waals surface area contributed by atoms with E-state index in [1.807, 2.05) is 34.6 Å². The van der Waals surface area contributed by atoms with Crippen molar-refractivity contribution in [1.29, 1.82) is 0 Å². The summed E-state index contributed by atoms with van der Waals surface area (Å²) in [5, 5.41) is 3.42. The van der Waals surface area contributed by atoms with Crippen LogP contribution in [0.2, 0.25) is 0 Å². The van der Waals surface area contributed by atoms with Crippen molar-refractivity contribution >= 4 is 0 Å². The Morgan fingerprint density at radius 1 is 1.12 bits per heavy atom. The van der Waals surface area contributed by atoms with Gasteiger partial charge in [-0.15, -0.1) is 0 Å². The number of imidazole rings is 1. The lowest BCUT2D eigenvalue weighted by Crippen LogP contribution is -2.14. The van der Waals surface area contributed by atoms with Crippen LogP contribution in [0.4, 0.5) is 0 Å². The molecule has 0 bridgehead atoms. The summed E-state index contributed by atoms with van der Waals surface area (Å²) in [6.07, 6.45) is 2.48. The summed E-state index contributed by atoms with van der Waals surface area (Å²) < 4.78 is 0. The number of hydrogen-bond donors (Lipinski definition) is 2. The highest BCUT2D eigenvalue weighted by Crippen LogP contribution is 2.20. The second kappa shape index (κ2) is 8.34. The van der Waals surface area contributed by atoms with Crippen LogP contribution in [0.25, 0.3) is 0 Å². The van der Waals surface area contributed by atoms with Crippen molar-refractivity contribution in [1.82, 2.24) is 15.3 Å². The van der Waals surface area contributed by atoms with E-state index in [2.05, 4.69) is 22.2 Å². The molecule has 2 N–H and O–H groups in total. The molecule has 1 aromatic rings. The molecular weight excluding hydrogens is 198 g/mol. The summed E-state index contributed by atoms with van der Waals surface area (Å²) in [6, 6.07) is 0.470. The average Bonchev–Trinajstić information content (AvgIpc) is 2.95. The number of hydrogen-bond acceptors (Lipinski definition) is 2. The topological polar surface area (TPSA) is 40.7 Å². The largest absolute Gasteiger partial charge is 0.345 e. The highest BCUT2D eigenvalue weighted by molar-refractivity contribution is 5.13. The number of nitrogens with one attached hydrogen (secondary N) is 2. The first kappa shape index (κ1) is 15.2. The maximum atomic E-state index is 4.47. The van der Waals surface area contributed by atoms with E-state index >= 15 is 0 Å². The van der Waals surface area contributed by atoms with Crippen LogP contribution in [0, 0.1) is 13.8 Å². The molecule has 16 heavy (non-hydrogen) atoms. The van der Waals surface area contributed by atoms with Gasteiger partial charge in [0.2, 0.25) is 0 Å². The van der Waals surface area contributed by atoms with Crippen molar-refractivity contribution < 1.29 is 0 Å². The van der Waals surface area contributed by atoms with E-state index in [0.717, 1.165) is 18.1 Å². The third-order valence-corrected chi connectivity index (χ3v) is 2.54. The molecule has 2 heterocycles. The van der Waals surface area contributed by atoms with Gasteiger partial charge in [0.25, 0.3) is 0 Å². The van der Waals surface area contributed by atoms with Crippen LogP contribution in [0.3, 0.4) is 0 Å². The molecule has 1 aromatic heterocycles. The predicted molar refractivity (Wildman–Crippen MR) is 70.7 cm³/mol. The van der Waals surface area contributed by atoms with Crippen LogP contribution >= 0.6 is 0 Å². The highest BCUT2D eigenvalue weighted by atomic mass is 15.0. The first-order valence-corrected chi connectivity index (χ1v) is 6.54. The normalized spacial score (nSPS) is 18.2. The number of aryl methyl sites for hydroxylation is 2. The van der Waals surface area contributed by atoms with E-state index in [1.54, 1.807) is 0 Å². The van der Waals surface area contributed by atoms with E-state index < -0.39 is 0 Å². The molecule has 0 aliphatic carbocycles. The number of aromatic amines is 1. The van der Waals surface area contributed by atoms with Crippen molar-refractivity contribution in [2.45, 2.75) is 60.4 Å². The molecule has 2 rings (SSSR count). The fourth-order valence-corrected chi connectivity index (χ4v) is 1.66. The minimum absolute atomic E-state index is 0.470. The fourth-order valence-electron chi connectivity index (χ4n) is 1.66. The molecule has 0 aromatic carbocycles. The first-order chi connectivity index (χ1) is 7.77. The lowest BCUT2D eigenvalue weighted by atomic mass is 10.2. The molecule has 3 nitrogen and oxygen atoms in total. The Labute approximate surface area is 100 Å². The van der Waals surface area contributed by atoms with E-state index in [9.17, 15) is 0 Å². The van der Waals surface area contributed by atoms with Gasteiger partial charge in [-0.05, 0) is 33.2 Å². The number of rotatable bonds is 1. The highest BCUT2D eigenvalue weighted by Gasteiger charge is 2.19. The second-order valence-electron chi connectivity index (χ2n) is 3.48. The zero-order valence-electron chi connectivity index (χ0n) is 11.6. The van der Waals surface area contributed by atoms with Crippen LogP contribution in [0.1, 0.15) is 63.8 Å². The molecular formula is C13H27N3. The van der Waals surface area contributed by atoms with Gasteiger partial charge in [0.15, 0.2) is 0 Å². The van der Waals surface area contributed by atoms with Crippen molar-refractivity contribution in [2.24, 2.45) is 0 Å². The van der Waals surface area contributed by atoms with Crippen molar-refractivity contribution in [3.63, 3.8) is 0 Å². The van der Waals surface area contributed by atoms with Gasteiger partial charge >= 0.3 is 0 Å². The molecule has 0 saturated carbocycles. The van der Waals surface area contributed by atoms with E-state index in [-0.39, 0.29) is 0 Å². The summed E-state index contributed by atoms with van der Waals surface area (Å²) in [6.45, 7) is 13.2. The van der Waals surface area contributed by atoms with Crippen molar-refractivity contribution in [3.05, 3.63) is 17.2 Å². The summed E-state index contributed by atoms with van der Waals surface area (Å²) in [7, 11) is 0. The Hall–Kier alpha value is -0.830. The van der Waals surface area contributed by atoms with Crippen LogP contribution in [-0.2, 0) is 0 Å². The van der Waals surface area contributed by atoms with Gasteiger partial charge in [0, 0.05) is 5.69 Å². The fraction of sp³-hybridized carbons (Fsp3) is 0.769. The molecule has 0 spiro atoms. The average molecular weight is 225 g/mol. The Balaban J connectivity index is 0.000000509. The van der Waals surface area contributed by atoms with Crippen LogP contribution in [0.15, 0.2) is 0 Å². The maximum Gasteiger partial charge on any atom is 0.123 e. The molecule has 1 fully saturated rings.